The van der Waals surface area contributed by atoms with Crippen LogP contribution in [0, 0.1) is 17.0 Å². The first-order valence-corrected chi connectivity index (χ1v) is 18.9. The second kappa shape index (κ2) is 12.0. The van der Waals surface area contributed by atoms with Crippen molar-refractivity contribution in [3.8, 4) is 0 Å². The molecule has 0 saturated carbocycles. The van der Waals surface area contributed by atoms with Crippen molar-refractivity contribution in [1.29, 1.82) is 0 Å². The Kier molecular flexibility index (Phi) is 7.39. The van der Waals surface area contributed by atoms with Crippen LogP contribution in [0.5, 0.6) is 0 Å². The quantitative estimate of drug-likeness (QED) is 0.0791. The summed E-state index contributed by atoms with van der Waals surface area (Å²) in [5, 5.41) is 13.2. The molecule has 2 N–H and O–H groups in total. The first-order valence-electron chi connectivity index (χ1n) is 15.6. The number of nitro groups is 1. The fourth-order valence-corrected chi connectivity index (χ4v) is 10.8. The zero-order chi connectivity index (χ0) is 34.1. The largest absolute Gasteiger partial charge is 0.353 e. The predicted molar refractivity (Wildman–Crippen MR) is 210 cm³/mol. The van der Waals surface area contributed by atoms with Crippen LogP contribution >= 0.6 is 46.2 Å². The summed E-state index contributed by atoms with van der Waals surface area (Å²) in [6.07, 6.45) is 0. The van der Waals surface area contributed by atoms with Crippen molar-refractivity contribution >= 4 is 114 Å². The Labute approximate surface area is 299 Å². The summed E-state index contributed by atoms with van der Waals surface area (Å²) in [5.74, 6) is 0. The molecule has 0 saturated heterocycles. The molecule has 9 aromatic rings. The topological polar surface area (TPSA) is 109 Å². The molecule has 9 rings (SSSR count). The van der Waals surface area contributed by atoms with E-state index < -0.39 is 4.92 Å². The van der Waals surface area contributed by atoms with E-state index >= 15 is 9.59 Å². The number of aromatic nitrogens is 2. The van der Waals surface area contributed by atoms with Crippen molar-refractivity contribution in [2.45, 2.75) is 26.5 Å². The van der Waals surface area contributed by atoms with E-state index in [4.69, 9.17) is 0 Å². The maximum atomic E-state index is 15.3. The van der Waals surface area contributed by atoms with E-state index in [1.54, 1.807) is 29.5 Å². The predicted octanol–water partition coefficient (Wildman–Crippen LogP) is 11.2. The summed E-state index contributed by atoms with van der Waals surface area (Å²) in [5.41, 5.74) is 3.27. The van der Waals surface area contributed by atoms with Gasteiger partial charge >= 0.3 is 0 Å². The third kappa shape index (κ3) is 4.96. The maximum absolute atomic E-state index is 15.3. The summed E-state index contributed by atoms with van der Waals surface area (Å²) < 4.78 is 3.60. The van der Waals surface area contributed by atoms with E-state index in [-0.39, 0.29) is 27.3 Å². The number of benzene rings is 7. The highest BCUT2D eigenvalue weighted by molar-refractivity contribution is 8.00. The lowest BCUT2D eigenvalue weighted by Crippen LogP contribution is -2.16. The summed E-state index contributed by atoms with van der Waals surface area (Å²) in [6.45, 7) is 2.03. The van der Waals surface area contributed by atoms with E-state index in [2.05, 4.69) is 9.97 Å². The van der Waals surface area contributed by atoms with Crippen molar-refractivity contribution in [2.75, 3.05) is 0 Å². The minimum absolute atomic E-state index is 0.0703. The maximum Gasteiger partial charge on any atom is 0.283 e. The van der Waals surface area contributed by atoms with E-state index in [1.807, 2.05) is 91.9 Å². The molecule has 242 valence electrons. The summed E-state index contributed by atoms with van der Waals surface area (Å²) >= 11 is 5.69. The van der Waals surface area contributed by atoms with Crippen LogP contribution in [-0.4, -0.2) is 14.9 Å². The number of aromatic amines is 2. The molecule has 7 nitrogen and oxygen atoms in total. The molecule has 0 radical (unpaired) electrons. The first kappa shape index (κ1) is 30.8. The summed E-state index contributed by atoms with van der Waals surface area (Å²) in [4.78, 5) is 51.7. The van der Waals surface area contributed by atoms with Crippen molar-refractivity contribution < 1.29 is 4.92 Å². The normalized spacial score (nSPS) is 11.8. The van der Waals surface area contributed by atoms with E-state index in [0.717, 1.165) is 52.1 Å². The summed E-state index contributed by atoms with van der Waals surface area (Å²) in [7, 11) is 0. The van der Waals surface area contributed by atoms with Gasteiger partial charge in [-0.05, 0) is 61.0 Å². The monoisotopic (exact) mass is 725 g/mol. The molecule has 7 aromatic carbocycles. The van der Waals surface area contributed by atoms with Gasteiger partial charge < -0.3 is 9.97 Å². The van der Waals surface area contributed by atoms with E-state index in [9.17, 15) is 10.1 Å². The SMILES string of the molecule is Cc1ccccc1Sc1cc2sc3ccccc3[nH]c2c2c(=O)c3c(Sc4ccccc4[N+](=O)[O-])cc4sc5ccccc5[nH]c4c3c(=O)c12. The van der Waals surface area contributed by atoms with Gasteiger partial charge in [0.15, 0.2) is 10.9 Å². The Morgan fingerprint density at radius 1 is 0.560 bits per heavy atom. The van der Waals surface area contributed by atoms with Gasteiger partial charge in [-0.3, -0.25) is 19.7 Å². The minimum atomic E-state index is -0.425. The van der Waals surface area contributed by atoms with Gasteiger partial charge in [-0.1, -0.05) is 78.1 Å². The number of H-pyrrole nitrogens is 2. The minimum Gasteiger partial charge on any atom is -0.353 e. The highest BCUT2D eigenvalue weighted by Crippen LogP contribution is 2.44. The zero-order valence-electron chi connectivity index (χ0n) is 26.1. The molecule has 0 aliphatic rings. The fraction of sp³-hybridized carbons (Fsp3) is 0.0256. The Bertz CT molecular complexity index is 3050. The van der Waals surface area contributed by atoms with Gasteiger partial charge in [-0.25, -0.2) is 0 Å². The van der Waals surface area contributed by atoms with Gasteiger partial charge in [0.25, 0.3) is 5.69 Å². The average molecular weight is 726 g/mol. The molecule has 0 spiro atoms. The molecule has 50 heavy (non-hydrogen) atoms. The second-order valence-corrected chi connectivity index (χ2v) is 16.1. The van der Waals surface area contributed by atoms with Crippen LogP contribution in [0.2, 0.25) is 0 Å². The number of fused-ring (bicyclic) bond motifs is 8. The van der Waals surface area contributed by atoms with Gasteiger partial charge in [0.2, 0.25) is 0 Å². The first-order chi connectivity index (χ1) is 24.4. The molecule has 2 heterocycles. The third-order valence-corrected chi connectivity index (χ3v) is 13.3. The lowest BCUT2D eigenvalue weighted by molar-refractivity contribution is -0.387. The fourth-order valence-electron chi connectivity index (χ4n) is 6.42. The van der Waals surface area contributed by atoms with Crippen LogP contribution in [0.25, 0.3) is 62.4 Å². The molecular formula is C39H23N3O4S4. The van der Waals surface area contributed by atoms with Crippen molar-refractivity contribution in [2.24, 2.45) is 0 Å². The molecule has 11 heteroatoms. The smallest absolute Gasteiger partial charge is 0.283 e. The molecule has 0 unspecified atom stereocenters. The summed E-state index contributed by atoms with van der Waals surface area (Å²) in [6, 6.07) is 34.1. The molecule has 0 aliphatic carbocycles. The van der Waals surface area contributed by atoms with Crippen LogP contribution in [0.3, 0.4) is 0 Å². The Hall–Kier alpha value is -5.20. The molecule has 0 amide bonds. The molecule has 0 atom stereocenters. The Morgan fingerprint density at radius 3 is 1.56 bits per heavy atom. The van der Waals surface area contributed by atoms with Crippen molar-refractivity contribution in [1.82, 2.24) is 9.97 Å². The molecule has 0 fully saturated rings. The highest BCUT2D eigenvalue weighted by Gasteiger charge is 2.25. The molecular weight excluding hydrogens is 703 g/mol. The number of aryl methyl sites for hydroxylation is 1. The number of para-hydroxylation sites is 3. The Balaban J connectivity index is 1.49. The van der Waals surface area contributed by atoms with Gasteiger partial charge in [0.1, 0.15) is 0 Å². The number of nitrogens with one attached hydrogen (secondary N) is 2. The lowest BCUT2D eigenvalue weighted by atomic mass is 10.00. The van der Waals surface area contributed by atoms with Crippen molar-refractivity contribution in [3.05, 3.63) is 145 Å². The van der Waals surface area contributed by atoms with Crippen LogP contribution in [0.1, 0.15) is 5.56 Å². The number of nitrogens with zero attached hydrogens (tertiary/aromatic N) is 1. The lowest BCUT2D eigenvalue weighted by Gasteiger charge is -2.15. The number of rotatable bonds is 5. The molecule has 0 aliphatic heterocycles. The molecule has 2 aromatic heterocycles. The second-order valence-electron chi connectivity index (χ2n) is 11.8. The van der Waals surface area contributed by atoms with Gasteiger partial charge in [0.05, 0.1) is 61.5 Å². The third-order valence-electron chi connectivity index (χ3n) is 8.75. The van der Waals surface area contributed by atoms with Crippen LogP contribution < -0.4 is 10.9 Å². The highest BCUT2D eigenvalue weighted by atomic mass is 32.2. The van der Waals surface area contributed by atoms with Crippen LogP contribution in [0.15, 0.2) is 138 Å². The number of hydrogen-bond acceptors (Lipinski definition) is 8. The number of nitro benzene ring substituents is 1. The van der Waals surface area contributed by atoms with Gasteiger partial charge in [0, 0.05) is 31.5 Å². The van der Waals surface area contributed by atoms with Crippen LogP contribution in [0.4, 0.5) is 5.69 Å². The van der Waals surface area contributed by atoms with Crippen LogP contribution in [-0.2, 0) is 0 Å². The zero-order valence-corrected chi connectivity index (χ0v) is 29.4. The van der Waals surface area contributed by atoms with Gasteiger partial charge in [-0.15, -0.1) is 22.7 Å². The Morgan fingerprint density at radius 2 is 1.02 bits per heavy atom. The number of hydrogen-bond donors (Lipinski definition) is 2. The molecule has 0 bridgehead atoms. The van der Waals surface area contributed by atoms with E-state index in [0.29, 0.717) is 36.5 Å². The standard InChI is InChI=1S/C39H23N3O4S4/c1-20-10-2-6-14-24(20)47-28-18-30-36(40-21-11-3-7-15-25(21)48-30)34-32(28)38(43)35-33(39(34)44)29(50-27-17-9-5-13-23(27)42(45)46)19-31-37(35)41-22-12-4-8-16-26(22)49-31/h2-19,40-41H,1H3. The van der Waals surface area contributed by atoms with Gasteiger partial charge in [-0.2, -0.15) is 0 Å². The van der Waals surface area contributed by atoms with E-state index in [1.165, 1.54) is 29.2 Å². The average Bonchev–Trinajstić information content (AvgIpc) is 3.12. The van der Waals surface area contributed by atoms with Crippen molar-refractivity contribution in [3.63, 3.8) is 0 Å².